The number of esters is 1. The van der Waals surface area contributed by atoms with Gasteiger partial charge in [0.25, 0.3) is 0 Å². The first-order valence-electron chi connectivity index (χ1n) is 6.31. The first-order chi connectivity index (χ1) is 8.33. The Bertz CT molecular complexity index is 404. The van der Waals surface area contributed by atoms with Crippen LogP contribution in [0, 0.1) is 0 Å². The summed E-state index contributed by atoms with van der Waals surface area (Å²) in [5.41, 5.74) is 1.33. The van der Waals surface area contributed by atoms with E-state index in [0.29, 0.717) is 0 Å². The molecule has 2 aliphatic heterocycles. The van der Waals surface area contributed by atoms with Crippen molar-refractivity contribution in [1.82, 2.24) is 4.90 Å². The Hall–Kier alpha value is -1.35. The van der Waals surface area contributed by atoms with E-state index in [9.17, 15) is 4.79 Å². The first-order valence-corrected chi connectivity index (χ1v) is 6.31. The molecule has 2 fully saturated rings. The van der Waals surface area contributed by atoms with Crippen LogP contribution >= 0.6 is 0 Å². The van der Waals surface area contributed by atoms with Crippen molar-refractivity contribution >= 4 is 5.97 Å². The van der Waals surface area contributed by atoms with Crippen molar-refractivity contribution in [2.75, 3.05) is 13.1 Å². The van der Waals surface area contributed by atoms with Crippen LogP contribution in [0.5, 0.6) is 0 Å². The fourth-order valence-electron chi connectivity index (χ4n) is 2.76. The van der Waals surface area contributed by atoms with Crippen molar-refractivity contribution in [3.63, 3.8) is 0 Å². The number of rotatable bonds is 3. The van der Waals surface area contributed by atoms with Crippen LogP contribution in [0.15, 0.2) is 30.3 Å². The number of ether oxygens (including phenoxy) is 1. The molecule has 0 unspecified atom stereocenters. The second-order valence-corrected chi connectivity index (χ2v) is 4.87. The molecule has 2 atom stereocenters. The van der Waals surface area contributed by atoms with Crippen LogP contribution in [0.3, 0.4) is 0 Å². The molecule has 0 aliphatic carbocycles. The fourth-order valence-corrected chi connectivity index (χ4v) is 2.76. The van der Waals surface area contributed by atoms with Gasteiger partial charge in [0.1, 0.15) is 12.1 Å². The van der Waals surface area contributed by atoms with Gasteiger partial charge in [-0.3, -0.25) is 9.69 Å². The van der Waals surface area contributed by atoms with Gasteiger partial charge < -0.3 is 4.74 Å². The zero-order valence-corrected chi connectivity index (χ0v) is 9.84. The molecule has 0 aromatic heterocycles. The highest BCUT2D eigenvalue weighted by Crippen LogP contribution is 2.28. The molecule has 0 amide bonds. The van der Waals surface area contributed by atoms with Crippen LogP contribution in [-0.4, -0.2) is 36.1 Å². The van der Waals surface area contributed by atoms with E-state index in [1.807, 2.05) is 6.07 Å². The minimum atomic E-state index is -0.0134. The van der Waals surface area contributed by atoms with E-state index in [4.69, 9.17) is 4.74 Å². The number of carbonyl (C=O) groups is 1. The number of carbonyl (C=O) groups excluding carboxylic acids is 1. The van der Waals surface area contributed by atoms with Crippen molar-refractivity contribution in [3.8, 4) is 0 Å². The summed E-state index contributed by atoms with van der Waals surface area (Å²) in [5.74, 6) is -0.0134. The second-order valence-electron chi connectivity index (χ2n) is 4.87. The third-order valence-corrected chi connectivity index (χ3v) is 3.75. The number of hydrogen-bond donors (Lipinski definition) is 0. The monoisotopic (exact) mass is 231 g/mol. The molecule has 2 saturated heterocycles. The molecular weight excluding hydrogens is 214 g/mol. The van der Waals surface area contributed by atoms with Gasteiger partial charge in [0.05, 0.1) is 0 Å². The zero-order chi connectivity index (χ0) is 11.7. The topological polar surface area (TPSA) is 29.5 Å². The minimum Gasteiger partial charge on any atom is -0.461 e. The molecular formula is C14H17NO2. The maximum absolute atomic E-state index is 11.6. The van der Waals surface area contributed by atoms with Crippen molar-refractivity contribution in [2.45, 2.75) is 31.4 Å². The summed E-state index contributed by atoms with van der Waals surface area (Å²) >= 11 is 0. The average Bonchev–Trinajstić information content (AvgIpc) is 2.66. The molecule has 1 aromatic rings. The van der Waals surface area contributed by atoms with E-state index in [0.717, 1.165) is 32.4 Å². The maximum atomic E-state index is 11.6. The van der Waals surface area contributed by atoms with Crippen molar-refractivity contribution in [3.05, 3.63) is 35.9 Å². The number of piperidine rings is 1. The summed E-state index contributed by atoms with van der Waals surface area (Å²) in [6, 6.07) is 10.5. The lowest BCUT2D eigenvalue weighted by atomic mass is 10.0. The van der Waals surface area contributed by atoms with Crippen molar-refractivity contribution in [2.24, 2.45) is 0 Å². The molecule has 3 nitrogen and oxygen atoms in total. The Kier molecular flexibility index (Phi) is 2.85. The summed E-state index contributed by atoms with van der Waals surface area (Å²) in [7, 11) is 0. The van der Waals surface area contributed by atoms with Gasteiger partial charge in [-0.1, -0.05) is 30.3 Å². The Labute approximate surface area is 101 Å². The van der Waals surface area contributed by atoms with Gasteiger partial charge in [0.2, 0.25) is 0 Å². The lowest BCUT2D eigenvalue weighted by molar-refractivity contribution is -0.143. The quantitative estimate of drug-likeness (QED) is 0.740. The average molecular weight is 231 g/mol. The Morgan fingerprint density at radius 1 is 1.29 bits per heavy atom. The molecule has 2 bridgehead atoms. The summed E-state index contributed by atoms with van der Waals surface area (Å²) in [6.07, 6.45) is 3.10. The molecule has 17 heavy (non-hydrogen) atoms. The third kappa shape index (κ3) is 2.20. The smallest absolute Gasteiger partial charge is 0.323 e. The molecule has 90 valence electrons. The highest BCUT2D eigenvalue weighted by atomic mass is 16.6. The van der Waals surface area contributed by atoms with Gasteiger partial charge in [-0.05, 0) is 18.4 Å². The molecule has 2 heterocycles. The molecule has 0 N–H and O–H groups in total. The summed E-state index contributed by atoms with van der Waals surface area (Å²) in [4.78, 5) is 13.9. The normalized spacial score (nSPS) is 28.1. The van der Waals surface area contributed by atoms with Crippen LogP contribution < -0.4 is 0 Å². The van der Waals surface area contributed by atoms with E-state index in [1.54, 1.807) is 0 Å². The highest BCUT2D eigenvalue weighted by molar-refractivity contribution is 5.78. The van der Waals surface area contributed by atoms with E-state index < -0.39 is 0 Å². The van der Waals surface area contributed by atoms with Crippen LogP contribution in [0.1, 0.15) is 18.4 Å². The Balaban J connectivity index is 1.60. The number of fused-ring (bicyclic) bond motifs is 2. The van der Waals surface area contributed by atoms with E-state index in [-0.39, 0.29) is 18.1 Å². The summed E-state index contributed by atoms with van der Waals surface area (Å²) in [5, 5.41) is 0. The molecule has 1 aromatic carbocycles. The lowest BCUT2D eigenvalue weighted by Gasteiger charge is -2.29. The van der Waals surface area contributed by atoms with Crippen LogP contribution in [-0.2, 0) is 16.0 Å². The van der Waals surface area contributed by atoms with Crippen LogP contribution in [0.25, 0.3) is 0 Å². The predicted octanol–water partition coefficient (Wildman–Crippen LogP) is 1.62. The van der Waals surface area contributed by atoms with E-state index in [1.165, 1.54) is 5.56 Å². The van der Waals surface area contributed by atoms with Gasteiger partial charge in [-0.25, -0.2) is 0 Å². The molecule has 0 radical (unpaired) electrons. The predicted molar refractivity (Wildman–Crippen MR) is 64.6 cm³/mol. The largest absolute Gasteiger partial charge is 0.461 e. The summed E-state index contributed by atoms with van der Waals surface area (Å²) in [6.45, 7) is 1.95. The van der Waals surface area contributed by atoms with Crippen LogP contribution in [0.4, 0.5) is 0 Å². The molecule has 0 saturated carbocycles. The Morgan fingerprint density at radius 2 is 2.12 bits per heavy atom. The van der Waals surface area contributed by atoms with Gasteiger partial charge in [0.15, 0.2) is 0 Å². The number of benzene rings is 1. The van der Waals surface area contributed by atoms with E-state index in [2.05, 4.69) is 29.2 Å². The Morgan fingerprint density at radius 3 is 2.94 bits per heavy atom. The molecule has 0 spiro atoms. The van der Waals surface area contributed by atoms with Crippen molar-refractivity contribution < 1.29 is 9.53 Å². The van der Waals surface area contributed by atoms with Gasteiger partial charge >= 0.3 is 5.97 Å². The first kappa shape index (κ1) is 10.8. The maximum Gasteiger partial charge on any atom is 0.323 e. The van der Waals surface area contributed by atoms with E-state index >= 15 is 0 Å². The van der Waals surface area contributed by atoms with Crippen LogP contribution in [0.2, 0.25) is 0 Å². The van der Waals surface area contributed by atoms with Crippen molar-refractivity contribution in [1.29, 1.82) is 0 Å². The van der Waals surface area contributed by atoms with Gasteiger partial charge in [-0.2, -0.15) is 0 Å². The lowest BCUT2D eigenvalue weighted by Crippen LogP contribution is -2.43. The molecule has 3 rings (SSSR count). The second kappa shape index (κ2) is 4.49. The molecule has 2 aliphatic rings. The summed E-state index contributed by atoms with van der Waals surface area (Å²) < 4.78 is 5.29. The zero-order valence-electron chi connectivity index (χ0n) is 9.84. The number of likely N-dealkylation sites (tertiary alicyclic amines) is 1. The molecule has 3 heteroatoms. The number of nitrogens with zero attached hydrogens (tertiary/aromatic N) is 1. The third-order valence-electron chi connectivity index (χ3n) is 3.75. The standard InChI is InChI=1S/C14H17NO2/c16-14-13-10-12(17-14)7-9-15(13)8-6-11-4-2-1-3-5-11/h1-5,12-13H,6-10H2/t12-,13-/m0/s1. The fraction of sp³-hybridized carbons (Fsp3) is 0.500. The number of hydrogen-bond acceptors (Lipinski definition) is 3. The van der Waals surface area contributed by atoms with Gasteiger partial charge in [0, 0.05) is 19.5 Å². The highest BCUT2D eigenvalue weighted by Gasteiger charge is 2.42. The minimum absolute atomic E-state index is 0.0134. The van der Waals surface area contributed by atoms with Gasteiger partial charge in [-0.15, -0.1) is 0 Å². The SMILES string of the molecule is O=C1O[C@H]2CCN(CCc3ccccc3)[C@H]1C2.